The summed E-state index contributed by atoms with van der Waals surface area (Å²) in [6, 6.07) is 16.6. The second-order valence-corrected chi connectivity index (χ2v) is 7.86. The summed E-state index contributed by atoms with van der Waals surface area (Å²) in [5.41, 5.74) is 5.19. The summed E-state index contributed by atoms with van der Waals surface area (Å²) < 4.78 is 6.83. The van der Waals surface area contributed by atoms with Gasteiger partial charge in [0, 0.05) is 13.0 Å². The van der Waals surface area contributed by atoms with Gasteiger partial charge in [0.05, 0.1) is 12.2 Å². The molecular formula is C24H24N4O5. The zero-order valence-corrected chi connectivity index (χ0v) is 18.2. The van der Waals surface area contributed by atoms with Crippen molar-refractivity contribution in [2.75, 3.05) is 6.61 Å². The maximum Gasteiger partial charge on any atom is 0.407 e. The number of fused-ring (bicyclic) bond motifs is 3. The van der Waals surface area contributed by atoms with Gasteiger partial charge in [0.1, 0.15) is 18.3 Å². The summed E-state index contributed by atoms with van der Waals surface area (Å²) >= 11 is 0. The van der Waals surface area contributed by atoms with Crippen LogP contribution in [0.4, 0.5) is 4.79 Å². The molecule has 0 aliphatic heterocycles. The topological polar surface area (TPSA) is 123 Å². The summed E-state index contributed by atoms with van der Waals surface area (Å²) in [5.74, 6) is -1.74. The lowest BCUT2D eigenvalue weighted by Gasteiger charge is -2.14. The number of aryl methyl sites for hydroxylation is 1. The van der Waals surface area contributed by atoms with Gasteiger partial charge in [-0.15, -0.1) is 0 Å². The van der Waals surface area contributed by atoms with Crippen LogP contribution in [0, 0.1) is 0 Å². The SMILES string of the molecule is CC(NC(=O)c1cc(CNC(=O)OCC2c3ccccc3-c3ccccc32)nn1C)C(=O)O. The third-order valence-corrected chi connectivity index (χ3v) is 5.64. The van der Waals surface area contributed by atoms with Crippen molar-refractivity contribution in [3.63, 3.8) is 0 Å². The lowest BCUT2D eigenvalue weighted by atomic mass is 9.98. The standard InChI is InChI=1S/C24H24N4O5/c1-14(23(30)31)26-22(29)21-11-15(27-28(21)2)12-25-24(32)33-13-20-18-9-5-3-7-16(18)17-8-4-6-10-19(17)20/h3-11,14,20H,12-13H2,1-2H3,(H,25,32)(H,26,29)(H,30,31). The number of aromatic nitrogens is 2. The van der Waals surface area contributed by atoms with Crippen molar-refractivity contribution in [2.24, 2.45) is 7.05 Å². The van der Waals surface area contributed by atoms with E-state index >= 15 is 0 Å². The van der Waals surface area contributed by atoms with Crippen molar-refractivity contribution in [2.45, 2.75) is 25.4 Å². The monoisotopic (exact) mass is 448 g/mol. The van der Waals surface area contributed by atoms with Crippen LogP contribution in [0.1, 0.15) is 40.2 Å². The summed E-state index contributed by atoms with van der Waals surface area (Å²) in [6.07, 6.45) is -0.590. The molecule has 33 heavy (non-hydrogen) atoms. The Morgan fingerprint density at radius 2 is 1.70 bits per heavy atom. The molecule has 1 unspecified atom stereocenters. The number of hydrogen-bond donors (Lipinski definition) is 3. The van der Waals surface area contributed by atoms with E-state index in [1.165, 1.54) is 17.7 Å². The lowest BCUT2D eigenvalue weighted by Crippen LogP contribution is -2.39. The molecular weight excluding hydrogens is 424 g/mol. The second kappa shape index (κ2) is 9.15. The normalized spacial score (nSPS) is 13.0. The molecule has 4 rings (SSSR count). The number of aliphatic carboxylic acids is 1. The number of hydrogen-bond acceptors (Lipinski definition) is 5. The number of ether oxygens (including phenoxy) is 1. The van der Waals surface area contributed by atoms with E-state index in [-0.39, 0.29) is 24.8 Å². The molecule has 3 N–H and O–H groups in total. The summed E-state index contributed by atoms with van der Waals surface area (Å²) in [7, 11) is 1.57. The van der Waals surface area contributed by atoms with Gasteiger partial charge in [0.25, 0.3) is 5.91 Å². The third-order valence-electron chi connectivity index (χ3n) is 5.64. The van der Waals surface area contributed by atoms with Crippen molar-refractivity contribution < 1.29 is 24.2 Å². The molecule has 9 nitrogen and oxygen atoms in total. The Kier molecular flexibility index (Phi) is 6.12. The number of nitrogens with zero attached hydrogens (tertiary/aromatic N) is 2. The van der Waals surface area contributed by atoms with Crippen LogP contribution in [0.25, 0.3) is 11.1 Å². The van der Waals surface area contributed by atoms with Crippen LogP contribution in [0.3, 0.4) is 0 Å². The van der Waals surface area contributed by atoms with Gasteiger partial charge in [-0.25, -0.2) is 4.79 Å². The van der Waals surface area contributed by atoms with E-state index in [1.54, 1.807) is 7.05 Å². The molecule has 2 amide bonds. The number of carbonyl (C=O) groups excluding carboxylic acids is 2. The van der Waals surface area contributed by atoms with Crippen LogP contribution in [-0.2, 0) is 23.1 Å². The Bertz CT molecular complexity index is 1170. The maximum atomic E-state index is 12.3. The molecule has 0 saturated heterocycles. The molecule has 1 aliphatic rings. The van der Waals surface area contributed by atoms with Gasteiger partial charge in [-0.2, -0.15) is 5.10 Å². The third kappa shape index (κ3) is 4.57. The van der Waals surface area contributed by atoms with Crippen LogP contribution < -0.4 is 10.6 Å². The lowest BCUT2D eigenvalue weighted by molar-refractivity contribution is -0.138. The average Bonchev–Trinajstić information content (AvgIpc) is 3.34. The Morgan fingerprint density at radius 3 is 2.30 bits per heavy atom. The van der Waals surface area contributed by atoms with Crippen molar-refractivity contribution in [1.82, 2.24) is 20.4 Å². The predicted molar refractivity (Wildman–Crippen MR) is 120 cm³/mol. The van der Waals surface area contributed by atoms with Gasteiger partial charge < -0.3 is 20.5 Å². The molecule has 3 aromatic rings. The Labute approximate surface area is 190 Å². The summed E-state index contributed by atoms with van der Waals surface area (Å²) in [4.78, 5) is 35.5. The summed E-state index contributed by atoms with van der Waals surface area (Å²) in [6.45, 7) is 1.63. The van der Waals surface area contributed by atoms with Crippen molar-refractivity contribution in [3.8, 4) is 11.1 Å². The number of carboxylic acids is 1. The minimum Gasteiger partial charge on any atom is -0.480 e. The molecule has 170 valence electrons. The van der Waals surface area contributed by atoms with E-state index in [2.05, 4.69) is 27.9 Å². The second-order valence-electron chi connectivity index (χ2n) is 7.86. The average molecular weight is 448 g/mol. The van der Waals surface area contributed by atoms with Crippen LogP contribution in [0.5, 0.6) is 0 Å². The number of nitrogens with one attached hydrogen (secondary N) is 2. The predicted octanol–water partition coefficient (Wildman–Crippen LogP) is 2.66. The maximum absolute atomic E-state index is 12.3. The van der Waals surface area contributed by atoms with Crippen LogP contribution in [-0.4, -0.2) is 45.5 Å². The molecule has 1 atom stereocenters. The van der Waals surface area contributed by atoms with Gasteiger partial charge in [-0.1, -0.05) is 48.5 Å². The number of alkyl carbamates (subject to hydrolysis) is 1. The van der Waals surface area contributed by atoms with Gasteiger partial charge in [0.2, 0.25) is 0 Å². The fourth-order valence-electron chi connectivity index (χ4n) is 3.97. The molecule has 1 heterocycles. The largest absolute Gasteiger partial charge is 0.480 e. The van der Waals surface area contributed by atoms with E-state index in [4.69, 9.17) is 9.84 Å². The van der Waals surface area contributed by atoms with Gasteiger partial charge in [-0.05, 0) is 35.2 Å². The van der Waals surface area contributed by atoms with E-state index in [1.807, 2.05) is 36.4 Å². The zero-order valence-electron chi connectivity index (χ0n) is 18.2. The van der Waals surface area contributed by atoms with Crippen LogP contribution >= 0.6 is 0 Å². The molecule has 1 aliphatic carbocycles. The van der Waals surface area contributed by atoms with Crippen molar-refractivity contribution >= 4 is 18.0 Å². The quantitative estimate of drug-likeness (QED) is 0.511. The first-order valence-electron chi connectivity index (χ1n) is 10.5. The number of carbonyl (C=O) groups is 3. The summed E-state index contributed by atoms with van der Waals surface area (Å²) in [5, 5.41) is 18.1. The Hall–Kier alpha value is -4.14. The van der Waals surface area contributed by atoms with Crippen LogP contribution in [0.15, 0.2) is 54.6 Å². The highest BCUT2D eigenvalue weighted by Crippen LogP contribution is 2.44. The van der Waals surface area contributed by atoms with E-state index in [9.17, 15) is 14.4 Å². The highest BCUT2D eigenvalue weighted by molar-refractivity contribution is 5.95. The Morgan fingerprint density at radius 1 is 1.09 bits per heavy atom. The highest BCUT2D eigenvalue weighted by atomic mass is 16.5. The minimum absolute atomic E-state index is 0.0375. The molecule has 0 fully saturated rings. The highest BCUT2D eigenvalue weighted by Gasteiger charge is 2.29. The number of rotatable bonds is 7. The smallest absolute Gasteiger partial charge is 0.407 e. The van der Waals surface area contributed by atoms with Gasteiger partial charge in [-0.3, -0.25) is 14.3 Å². The molecule has 0 saturated carbocycles. The first kappa shape index (κ1) is 22.1. The zero-order chi connectivity index (χ0) is 23.5. The molecule has 0 spiro atoms. The van der Waals surface area contributed by atoms with Crippen LogP contribution in [0.2, 0.25) is 0 Å². The molecule has 0 bridgehead atoms. The Balaban J connectivity index is 1.35. The molecule has 0 radical (unpaired) electrons. The van der Waals surface area contributed by atoms with E-state index < -0.39 is 24.0 Å². The van der Waals surface area contributed by atoms with Gasteiger partial charge in [0.15, 0.2) is 0 Å². The van der Waals surface area contributed by atoms with Crippen molar-refractivity contribution in [3.05, 3.63) is 77.1 Å². The molecule has 9 heteroatoms. The van der Waals surface area contributed by atoms with Crippen molar-refractivity contribution in [1.29, 1.82) is 0 Å². The fraction of sp³-hybridized carbons (Fsp3) is 0.250. The number of amides is 2. The number of carboxylic acid groups (broad SMARTS) is 1. The molecule has 2 aromatic carbocycles. The fourth-order valence-corrected chi connectivity index (χ4v) is 3.97. The van der Waals surface area contributed by atoms with E-state index in [0.29, 0.717) is 5.69 Å². The minimum atomic E-state index is -1.14. The number of benzene rings is 2. The van der Waals surface area contributed by atoms with Gasteiger partial charge >= 0.3 is 12.1 Å². The van der Waals surface area contributed by atoms with E-state index in [0.717, 1.165) is 22.3 Å². The first-order chi connectivity index (χ1) is 15.8. The molecule has 1 aromatic heterocycles. The first-order valence-corrected chi connectivity index (χ1v) is 10.5.